The Hall–Kier alpha value is -2.11. The van der Waals surface area contributed by atoms with Crippen molar-refractivity contribution in [3.05, 3.63) is 71.3 Å². The molecule has 1 fully saturated rings. The lowest BCUT2D eigenvalue weighted by Gasteiger charge is -2.21. The molecule has 4 nitrogen and oxygen atoms in total. The van der Waals surface area contributed by atoms with E-state index < -0.39 is 0 Å². The van der Waals surface area contributed by atoms with Gasteiger partial charge in [-0.3, -0.25) is 0 Å². The molecule has 0 bridgehead atoms. The summed E-state index contributed by atoms with van der Waals surface area (Å²) in [5.74, 6) is 1.55. The molecule has 0 saturated heterocycles. The quantitative estimate of drug-likeness (QED) is 0.371. The number of nitrogens with two attached hydrogens (primary N) is 1. The minimum Gasteiger partial charge on any atom is -0.377 e. The van der Waals surface area contributed by atoms with Gasteiger partial charge in [0.2, 0.25) is 0 Å². The zero-order chi connectivity index (χ0) is 19.4. The van der Waals surface area contributed by atoms with Crippen molar-refractivity contribution in [2.75, 3.05) is 6.61 Å². The molecule has 2 N–H and O–H groups in total. The largest absolute Gasteiger partial charge is 0.377 e. The second-order valence-corrected chi connectivity index (χ2v) is 8.21. The molecule has 3 rings (SSSR count). The maximum Gasteiger partial charge on any atom is 0.180 e. The van der Waals surface area contributed by atoms with Crippen LogP contribution >= 0.6 is 11.8 Å². The molecule has 0 aliphatic heterocycles. The van der Waals surface area contributed by atoms with Crippen LogP contribution in [0.4, 0.5) is 0 Å². The third-order valence-corrected chi connectivity index (χ3v) is 5.77. The lowest BCUT2D eigenvalue weighted by molar-refractivity contribution is 0.0739. The molecule has 2 aromatic rings. The summed E-state index contributed by atoms with van der Waals surface area (Å²) >= 11 is 1.49. The van der Waals surface area contributed by atoms with Crippen LogP contribution in [0.5, 0.6) is 0 Å². The van der Waals surface area contributed by atoms with E-state index in [1.165, 1.54) is 55.0 Å². The Morgan fingerprint density at radius 2 is 1.75 bits per heavy atom. The molecule has 0 spiro atoms. The van der Waals surface area contributed by atoms with E-state index in [2.05, 4.69) is 34.5 Å². The maximum atomic E-state index is 5.91. The van der Waals surface area contributed by atoms with Crippen molar-refractivity contribution in [3.63, 3.8) is 0 Å². The standard InChI is InChI=1S/C23H29N3OS/c24-23(28-18-22-9-5-2-6-10-22)26-25-15-19-11-13-21(14-12-19)17-27-16-20-7-3-1-4-8-20/h2,5-6,9-15,20H,1,3-4,7-8,16-18H2,(H2,24,26). The summed E-state index contributed by atoms with van der Waals surface area (Å²) in [5, 5.41) is 8.62. The van der Waals surface area contributed by atoms with Crippen LogP contribution in [0, 0.1) is 5.92 Å². The molecule has 1 saturated carbocycles. The van der Waals surface area contributed by atoms with Gasteiger partial charge in [0.1, 0.15) is 0 Å². The average Bonchev–Trinajstić information content (AvgIpc) is 2.75. The zero-order valence-corrected chi connectivity index (χ0v) is 17.1. The highest BCUT2D eigenvalue weighted by atomic mass is 32.2. The molecule has 0 amide bonds. The summed E-state index contributed by atoms with van der Waals surface area (Å²) in [5.41, 5.74) is 9.32. The lowest BCUT2D eigenvalue weighted by Crippen LogP contribution is -2.13. The van der Waals surface area contributed by atoms with Crippen molar-refractivity contribution >= 4 is 23.1 Å². The highest BCUT2D eigenvalue weighted by Gasteiger charge is 2.13. The summed E-state index contributed by atoms with van der Waals surface area (Å²) in [6.45, 7) is 1.56. The summed E-state index contributed by atoms with van der Waals surface area (Å²) in [4.78, 5) is 0. The van der Waals surface area contributed by atoms with Crippen molar-refractivity contribution in [3.8, 4) is 0 Å². The van der Waals surface area contributed by atoms with Gasteiger partial charge in [-0.05, 0) is 35.4 Å². The summed E-state index contributed by atoms with van der Waals surface area (Å²) in [6.07, 6.45) is 8.48. The fourth-order valence-corrected chi connectivity index (χ4v) is 3.92. The summed E-state index contributed by atoms with van der Waals surface area (Å²) in [6, 6.07) is 18.4. The first-order valence-electron chi connectivity index (χ1n) is 9.99. The highest BCUT2D eigenvalue weighted by Crippen LogP contribution is 2.24. The van der Waals surface area contributed by atoms with Gasteiger partial charge in [-0.1, -0.05) is 85.6 Å². The van der Waals surface area contributed by atoms with Gasteiger partial charge in [0.15, 0.2) is 5.17 Å². The van der Waals surface area contributed by atoms with Crippen LogP contribution in [0.3, 0.4) is 0 Å². The second-order valence-electron chi connectivity index (χ2n) is 7.22. The van der Waals surface area contributed by atoms with Crippen molar-refractivity contribution < 1.29 is 4.74 Å². The van der Waals surface area contributed by atoms with E-state index in [1.807, 2.05) is 30.3 Å². The van der Waals surface area contributed by atoms with Crippen molar-refractivity contribution in [2.24, 2.45) is 21.9 Å². The predicted molar refractivity (Wildman–Crippen MR) is 120 cm³/mol. The first-order chi connectivity index (χ1) is 13.8. The topological polar surface area (TPSA) is 60.0 Å². The highest BCUT2D eigenvalue weighted by molar-refractivity contribution is 8.13. The molecule has 0 aromatic heterocycles. The van der Waals surface area contributed by atoms with E-state index in [0.29, 0.717) is 11.8 Å². The number of hydrogen-bond donors (Lipinski definition) is 1. The monoisotopic (exact) mass is 395 g/mol. The molecule has 1 aliphatic rings. The second kappa shape index (κ2) is 11.7. The molecule has 5 heteroatoms. The Labute approximate surface area is 172 Å². The van der Waals surface area contributed by atoms with Crippen molar-refractivity contribution in [2.45, 2.75) is 44.5 Å². The molecule has 28 heavy (non-hydrogen) atoms. The average molecular weight is 396 g/mol. The molecular formula is C23H29N3OS. The van der Waals surface area contributed by atoms with Gasteiger partial charge in [-0.25, -0.2) is 0 Å². The van der Waals surface area contributed by atoms with E-state index >= 15 is 0 Å². The van der Waals surface area contributed by atoms with Gasteiger partial charge >= 0.3 is 0 Å². The zero-order valence-electron chi connectivity index (χ0n) is 16.3. The van der Waals surface area contributed by atoms with Crippen LogP contribution in [0.15, 0.2) is 64.8 Å². The van der Waals surface area contributed by atoms with Gasteiger partial charge in [-0.2, -0.15) is 5.10 Å². The van der Waals surface area contributed by atoms with Gasteiger partial charge < -0.3 is 10.5 Å². The van der Waals surface area contributed by atoms with Crippen LogP contribution in [0.25, 0.3) is 0 Å². The van der Waals surface area contributed by atoms with Crippen molar-refractivity contribution in [1.82, 2.24) is 0 Å². The molecule has 2 aromatic carbocycles. The van der Waals surface area contributed by atoms with E-state index in [1.54, 1.807) is 6.21 Å². The minimum atomic E-state index is 0.466. The SMILES string of the molecule is NC(=NN=Cc1ccc(COCC2CCCCC2)cc1)SCc1ccccc1. The van der Waals surface area contributed by atoms with Gasteiger partial charge in [-0.15, -0.1) is 5.10 Å². The fourth-order valence-electron chi connectivity index (χ4n) is 3.31. The third kappa shape index (κ3) is 7.49. The molecule has 148 valence electrons. The van der Waals surface area contributed by atoms with E-state index in [4.69, 9.17) is 10.5 Å². The number of rotatable bonds is 8. The van der Waals surface area contributed by atoms with Gasteiger partial charge in [0, 0.05) is 12.4 Å². The van der Waals surface area contributed by atoms with Crippen molar-refractivity contribution in [1.29, 1.82) is 0 Å². The summed E-state index contributed by atoms with van der Waals surface area (Å²) < 4.78 is 5.90. The van der Waals surface area contributed by atoms with Crippen LogP contribution in [0.1, 0.15) is 48.8 Å². The molecule has 1 aliphatic carbocycles. The third-order valence-electron chi connectivity index (χ3n) is 4.92. The molecule has 0 unspecified atom stereocenters. The lowest BCUT2D eigenvalue weighted by atomic mass is 9.90. The van der Waals surface area contributed by atoms with Gasteiger partial charge in [0.05, 0.1) is 12.8 Å². The molecular weight excluding hydrogens is 366 g/mol. The summed E-state index contributed by atoms with van der Waals surface area (Å²) in [7, 11) is 0. The first-order valence-corrected chi connectivity index (χ1v) is 11.0. The number of hydrogen-bond acceptors (Lipinski definition) is 4. The van der Waals surface area contributed by atoms with E-state index in [9.17, 15) is 0 Å². The van der Waals surface area contributed by atoms with E-state index in [0.717, 1.165) is 23.8 Å². The molecule has 0 heterocycles. The first kappa shape index (κ1) is 20.6. The Balaban J connectivity index is 1.39. The Bertz CT molecular complexity index is 753. The van der Waals surface area contributed by atoms with E-state index in [-0.39, 0.29) is 0 Å². The number of amidine groups is 1. The van der Waals surface area contributed by atoms with Crippen LogP contribution in [-0.2, 0) is 17.1 Å². The van der Waals surface area contributed by atoms with Crippen LogP contribution in [0.2, 0.25) is 0 Å². The Morgan fingerprint density at radius 1 is 1.00 bits per heavy atom. The number of ether oxygens (including phenoxy) is 1. The predicted octanol–water partition coefficient (Wildman–Crippen LogP) is 5.37. The smallest absolute Gasteiger partial charge is 0.180 e. The number of thioether (sulfide) groups is 1. The van der Waals surface area contributed by atoms with Crippen LogP contribution < -0.4 is 5.73 Å². The minimum absolute atomic E-state index is 0.466. The fraction of sp³-hybridized carbons (Fsp3) is 0.391. The molecule has 0 radical (unpaired) electrons. The Kier molecular flexibility index (Phi) is 8.59. The van der Waals surface area contributed by atoms with Crippen LogP contribution in [-0.4, -0.2) is 18.0 Å². The Morgan fingerprint density at radius 3 is 2.50 bits per heavy atom. The number of nitrogens with zero attached hydrogens (tertiary/aromatic N) is 2. The van der Waals surface area contributed by atoms with Gasteiger partial charge in [0.25, 0.3) is 0 Å². The molecule has 0 atom stereocenters. The normalized spacial score (nSPS) is 15.9. The maximum absolute atomic E-state index is 5.91. The number of benzene rings is 2.